The number of hydrogen-bond acceptors (Lipinski definition) is 5. The molecule has 0 aliphatic heterocycles. The van der Waals surface area contributed by atoms with Gasteiger partial charge < -0.3 is 9.47 Å². The van der Waals surface area contributed by atoms with Crippen molar-refractivity contribution in [2.45, 2.75) is 6.61 Å². The molecule has 23 heavy (non-hydrogen) atoms. The predicted octanol–water partition coefficient (Wildman–Crippen LogP) is 3.62. The monoisotopic (exact) mass is 383 g/mol. The molecule has 2 aromatic rings. The van der Waals surface area contributed by atoms with Gasteiger partial charge in [0.2, 0.25) is 0 Å². The Balaban J connectivity index is 1.90. The maximum atomic E-state index is 12.9. The van der Waals surface area contributed by atoms with Crippen molar-refractivity contribution in [3.05, 3.63) is 68.4 Å². The molecule has 2 rings (SSSR count). The third-order valence-corrected chi connectivity index (χ3v) is 3.44. The lowest BCUT2D eigenvalue weighted by molar-refractivity contribution is -0.385. The largest absolute Gasteiger partial charge is 0.481 e. The van der Waals surface area contributed by atoms with E-state index in [0.29, 0.717) is 4.47 Å². The molecule has 0 heterocycles. The van der Waals surface area contributed by atoms with Crippen LogP contribution in [0.15, 0.2) is 46.9 Å². The SMILES string of the molecule is O=C(COc1ccc(F)cc1Br)OCc1ccccc1[N+](=O)[O-]. The summed E-state index contributed by atoms with van der Waals surface area (Å²) in [5.74, 6) is -0.850. The molecule has 0 atom stereocenters. The lowest BCUT2D eigenvalue weighted by Gasteiger charge is -2.08. The molecule has 120 valence electrons. The first-order valence-electron chi connectivity index (χ1n) is 6.43. The second kappa shape index (κ2) is 7.68. The van der Waals surface area contributed by atoms with Crippen molar-refractivity contribution in [3.8, 4) is 5.75 Å². The molecule has 0 radical (unpaired) electrons. The van der Waals surface area contributed by atoms with Crippen molar-refractivity contribution in [1.82, 2.24) is 0 Å². The molecule has 2 aromatic carbocycles. The van der Waals surface area contributed by atoms with E-state index in [1.54, 1.807) is 6.07 Å². The second-order valence-electron chi connectivity index (χ2n) is 4.41. The van der Waals surface area contributed by atoms with Crippen molar-refractivity contribution in [3.63, 3.8) is 0 Å². The fraction of sp³-hybridized carbons (Fsp3) is 0.133. The molecule has 0 saturated carbocycles. The fourth-order valence-corrected chi connectivity index (χ4v) is 2.21. The quantitative estimate of drug-likeness (QED) is 0.432. The minimum absolute atomic E-state index is 0.123. The Hall–Kier alpha value is -2.48. The van der Waals surface area contributed by atoms with E-state index in [4.69, 9.17) is 9.47 Å². The molecule has 0 amide bonds. The van der Waals surface area contributed by atoms with Crippen LogP contribution >= 0.6 is 15.9 Å². The van der Waals surface area contributed by atoms with E-state index >= 15 is 0 Å². The molecule has 0 aliphatic carbocycles. The zero-order chi connectivity index (χ0) is 16.8. The Labute approximate surface area is 139 Å². The first kappa shape index (κ1) is 16.9. The van der Waals surface area contributed by atoms with Crippen molar-refractivity contribution in [2.24, 2.45) is 0 Å². The normalized spacial score (nSPS) is 10.2. The first-order chi connectivity index (χ1) is 11.0. The van der Waals surface area contributed by atoms with Crippen LogP contribution in [0.2, 0.25) is 0 Å². The summed E-state index contributed by atoms with van der Waals surface area (Å²) in [5, 5.41) is 10.8. The van der Waals surface area contributed by atoms with Gasteiger partial charge >= 0.3 is 5.97 Å². The average molecular weight is 384 g/mol. The summed E-state index contributed by atoms with van der Waals surface area (Å²) in [4.78, 5) is 21.9. The van der Waals surface area contributed by atoms with Gasteiger partial charge in [0.25, 0.3) is 5.69 Å². The highest BCUT2D eigenvalue weighted by Gasteiger charge is 2.14. The van der Waals surface area contributed by atoms with E-state index in [2.05, 4.69) is 15.9 Å². The number of nitro groups is 1. The maximum absolute atomic E-state index is 12.9. The lowest BCUT2D eigenvalue weighted by Crippen LogP contribution is -2.15. The molecule has 0 unspecified atom stereocenters. The van der Waals surface area contributed by atoms with E-state index < -0.39 is 23.3 Å². The highest BCUT2D eigenvalue weighted by molar-refractivity contribution is 9.10. The Morgan fingerprint density at radius 2 is 2.00 bits per heavy atom. The van der Waals surface area contributed by atoms with Gasteiger partial charge in [-0.2, -0.15) is 0 Å². The minimum Gasteiger partial charge on any atom is -0.481 e. The number of benzene rings is 2. The van der Waals surface area contributed by atoms with Gasteiger partial charge in [-0.05, 0) is 40.2 Å². The molecule has 8 heteroatoms. The predicted molar refractivity (Wildman–Crippen MR) is 82.5 cm³/mol. The van der Waals surface area contributed by atoms with E-state index in [1.807, 2.05) is 0 Å². The fourth-order valence-electron chi connectivity index (χ4n) is 1.74. The van der Waals surface area contributed by atoms with Gasteiger partial charge in [-0.1, -0.05) is 12.1 Å². The Bertz CT molecular complexity index is 738. The van der Waals surface area contributed by atoms with Crippen LogP contribution in [-0.4, -0.2) is 17.5 Å². The van der Waals surface area contributed by atoms with E-state index in [1.165, 1.54) is 36.4 Å². The highest BCUT2D eigenvalue weighted by atomic mass is 79.9. The van der Waals surface area contributed by atoms with Gasteiger partial charge in [0.1, 0.15) is 18.2 Å². The van der Waals surface area contributed by atoms with Crippen molar-refractivity contribution < 1.29 is 23.6 Å². The number of hydrogen-bond donors (Lipinski definition) is 0. The molecule has 0 aliphatic rings. The van der Waals surface area contributed by atoms with Crippen molar-refractivity contribution >= 4 is 27.6 Å². The minimum atomic E-state index is -0.695. The molecule has 0 saturated heterocycles. The molecular weight excluding hydrogens is 373 g/mol. The summed E-state index contributed by atoms with van der Waals surface area (Å²) in [6.45, 7) is -0.630. The van der Waals surface area contributed by atoms with E-state index in [0.717, 1.165) is 0 Å². The van der Waals surface area contributed by atoms with Gasteiger partial charge in [0.05, 0.1) is 15.0 Å². The molecule has 0 bridgehead atoms. The number of esters is 1. The molecular formula is C15H11BrFNO5. The van der Waals surface area contributed by atoms with Crippen molar-refractivity contribution in [2.75, 3.05) is 6.61 Å². The van der Waals surface area contributed by atoms with Crippen molar-refractivity contribution in [1.29, 1.82) is 0 Å². The zero-order valence-corrected chi connectivity index (χ0v) is 13.3. The number of halogens is 2. The summed E-state index contributed by atoms with van der Waals surface area (Å²) in [5.41, 5.74) is 0.163. The van der Waals surface area contributed by atoms with Gasteiger partial charge in [0, 0.05) is 6.07 Å². The van der Waals surface area contributed by atoms with Crippen LogP contribution in [0.4, 0.5) is 10.1 Å². The summed E-state index contributed by atoms with van der Waals surface area (Å²) in [6.07, 6.45) is 0. The lowest BCUT2D eigenvalue weighted by atomic mass is 10.2. The van der Waals surface area contributed by atoms with Crippen LogP contribution in [0.1, 0.15) is 5.56 Å². The molecule has 0 spiro atoms. The Morgan fingerprint density at radius 3 is 2.70 bits per heavy atom. The molecule has 0 N–H and O–H groups in total. The number of para-hydroxylation sites is 1. The number of nitro benzene ring substituents is 1. The summed E-state index contributed by atoms with van der Waals surface area (Å²) >= 11 is 3.11. The van der Waals surface area contributed by atoms with Crippen LogP contribution in [0, 0.1) is 15.9 Å². The van der Waals surface area contributed by atoms with Crippen LogP contribution in [0.25, 0.3) is 0 Å². The molecule has 6 nitrogen and oxygen atoms in total. The Morgan fingerprint density at radius 1 is 1.26 bits per heavy atom. The number of ether oxygens (including phenoxy) is 2. The average Bonchev–Trinajstić information content (AvgIpc) is 2.52. The third kappa shape index (κ3) is 4.75. The van der Waals surface area contributed by atoms with Gasteiger partial charge in [-0.25, -0.2) is 9.18 Å². The topological polar surface area (TPSA) is 78.7 Å². The van der Waals surface area contributed by atoms with Gasteiger partial charge in [-0.15, -0.1) is 0 Å². The third-order valence-electron chi connectivity index (χ3n) is 2.82. The smallest absolute Gasteiger partial charge is 0.344 e. The molecule has 0 aromatic heterocycles. The van der Waals surface area contributed by atoms with Crippen LogP contribution in [0.5, 0.6) is 5.75 Å². The van der Waals surface area contributed by atoms with Crippen LogP contribution < -0.4 is 4.74 Å². The maximum Gasteiger partial charge on any atom is 0.344 e. The van der Waals surface area contributed by atoms with Crippen LogP contribution in [-0.2, 0) is 16.1 Å². The Kier molecular flexibility index (Phi) is 5.64. The molecule has 0 fully saturated rings. The van der Waals surface area contributed by atoms with Gasteiger partial charge in [-0.3, -0.25) is 10.1 Å². The number of rotatable bonds is 6. The van der Waals surface area contributed by atoms with Gasteiger partial charge in [0.15, 0.2) is 6.61 Å². The number of carbonyl (C=O) groups excluding carboxylic acids is 1. The van der Waals surface area contributed by atoms with E-state index in [9.17, 15) is 19.3 Å². The number of nitrogens with zero attached hydrogens (tertiary/aromatic N) is 1. The standard InChI is InChI=1S/C15H11BrFNO5/c16-12-7-11(17)5-6-14(12)22-9-15(19)23-8-10-3-1-2-4-13(10)18(20)21/h1-7H,8-9H2. The zero-order valence-electron chi connectivity index (χ0n) is 11.7. The highest BCUT2D eigenvalue weighted by Crippen LogP contribution is 2.25. The second-order valence-corrected chi connectivity index (χ2v) is 5.26. The first-order valence-corrected chi connectivity index (χ1v) is 7.22. The summed E-state index contributed by atoms with van der Waals surface area (Å²) < 4.78 is 23.4. The van der Waals surface area contributed by atoms with Crippen LogP contribution in [0.3, 0.4) is 0 Å². The number of carbonyl (C=O) groups is 1. The summed E-state index contributed by atoms with van der Waals surface area (Å²) in [7, 11) is 0. The van der Waals surface area contributed by atoms with E-state index in [-0.39, 0.29) is 23.6 Å². The summed E-state index contributed by atoms with van der Waals surface area (Å²) in [6, 6.07) is 9.74.